The smallest absolute Gasteiger partial charge is 0.408 e. The lowest BCUT2D eigenvalue weighted by molar-refractivity contribution is -0.135. The minimum atomic E-state index is -3.62. The molecule has 0 bridgehead atoms. The van der Waals surface area contributed by atoms with Crippen LogP contribution in [0.5, 0.6) is 0 Å². The van der Waals surface area contributed by atoms with Gasteiger partial charge >= 0.3 is 5.76 Å². The Morgan fingerprint density at radius 3 is 2.33 bits per heavy atom. The molecule has 0 spiro atoms. The van der Waals surface area contributed by atoms with E-state index in [1.54, 1.807) is 60.4 Å². The van der Waals surface area contributed by atoms with E-state index in [2.05, 4.69) is 15.9 Å². The highest BCUT2D eigenvalue weighted by molar-refractivity contribution is 9.10. The van der Waals surface area contributed by atoms with Crippen molar-refractivity contribution in [2.45, 2.75) is 17.9 Å². The average Bonchev–Trinajstić information content (AvgIpc) is 3.08. The van der Waals surface area contributed by atoms with Gasteiger partial charge in [-0.3, -0.25) is 9.36 Å². The van der Waals surface area contributed by atoms with Crippen molar-refractivity contribution >= 4 is 43.0 Å². The van der Waals surface area contributed by atoms with Crippen LogP contribution in [0.3, 0.4) is 0 Å². The molecule has 1 aliphatic rings. The van der Waals surface area contributed by atoms with Crippen LogP contribution in [0.15, 0.2) is 67.1 Å². The summed E-state index contributed by atoms with van der Waals surface area (Å²) in [7, 11) is -3.62. The van der Waals surface area contributed by atoms with Crippen molar-refractivity contribution < 1.29 is 17.6 Å². The predicted octanol–water partition coefficient (Wildman–Crippen LogP) is 2.45. The molecule has 2 aromatic carbocycles. The number of para-hydroxylation sites is 2. The number of hydrogen-bond acceptors (Lipinski definition) is 5. The number of nitrogens with zero attached hydrogens (tertiary/aromatic N) is 3. The van der Waals surface area contributed by atoms with Gasteiger partial charge in [-0.15, -0.1) is 0 Å². The van der Waals surface area contributed by atoms with Crippen molar-refractivity contribution in [1.82, 2.24) is 13.8 Å². The third-order valence-electron chi connectivity index (χ3n) is 5.27. The van der Waals surface area contributed by atoms with Gasteiger partial charge in [-0.05, 0) is 43.3 Å². The first-order valence-electron chi connectivity index (χ1n) is 9.43. The number of halogens is 1. The largest absolute Gasteiger partial charge is 0.420 e. The fraction of sp³-hybridized carbons (Fsp3) is 0.300. The van der Waals surface area contributed by atoms with Crippen LogP contribution in [0.1, 0.15) is 13.0 Å². The van der Waals surface area contributed by atoms with Gasteiger partial charge in [0.1, 0.15) is 6.04 Å². The maximum absolute atomic E-state index is 13.0. The molecule has 1 amide bonds. The normalized spacial score (nSPS) is 16.7. The third-order valence-corrected chi connectivity index (χ3v) is 7.71. The lowest BCUT2D eigenvalue weighted by Gasteiger charge is -2.35. The van der Waals surface area contributed by atoms with Crippen molar-refractivity contribution in [2.75, 3.05) is 26.2 Å². The highest BCUT2D eigenvalue weighted by Gasteiger charge is 2.32. The highest BCUT2D eigenvalue weighted by atomic mass is 79.9. The molecule has 1 aromatic heterocycles. The minimum Gasteiger partial charge on any atom is -0.408 e. The topological polar surface area (TPSA) is 92.8 Å². The summed E-state index contributed by atoms with van der Waals surface area (Å²) in [4.78, 5) is 27.1. The standard InChI is InChI=1S/C20H20BrN3O5S/c1-14(24-17-4-2-3-5-18(17)29-20(24)26)19(25)22-10-12-23(13-11-22)30(27,28)16-8-6-15(21)7-9-16/h2-9,14H,10-13H2,1H3. The van der Waals surface area contributed by atoms with Crippen molar-refractivity contribution in [3.63, 3.8) is 0 Å². The molecule has 1 fully saturated rings. The van der Waals surface area contributed by atoms with Crippen LogP contribution in [-0.4, -0.2) is 54.3 Å². The molecule has 1 unspecified atom stereocenters. The fourth-order valence-electron chi connectivity index (χ4n) is 3.63. The van der Waals surface area contributed by atoms with Gasteiger partial charge in [0, 0.05) is 30.7 Å². The van der Waals surface area contributed by atoms with E-state index in [1.165, 1.54) is 8.87 Å². The molecule has 1 aliphatic heterocycles. The van der Waals surface area contributed by atoms with Gasteiger partial charge in [-0.1, -0.05) is 28.1 Å². The summed E-state index contributed by atoms with van der Waals surface area (Å²) in [6, 6.07) is 12.6. The number of rotatable bonds is 4. The lowest BCUT2D eigenvalue weighted by atomic mass is 10.2. The van der Waals surface area contributed by atoms with Crippen molar-refractivity contribution in [3.8, 4) is 0 Å². The Bertz CT molecular complexity index is 1240. The average molecular weight is 494 g/mol. The van der Waals surface area contributed by atoms with Gasteiger partial charge in [-0.2, -0.15) is 4.31 Å². The molecule has 158 valence electrons. The Balaban J connectivity index is 1.48. The maximum atomic E-state index is 13.0. The second-order valence-corrected chi connectivity index (χ2v) is 9.92. The van der Waals surface area contributed by atoms with Gasteiger partial charge in [0.2, 0.25) is 15.9 Å². The Hall–Kier alpha value is -2.43. The Morgan fingerprint density at radius 2 is 1.67 bits per heavy atom. The first-order chi connectivity index (χ1) is 14.3. The summed E-state index contributed by atoms with van der Waals surface area (Å²) in [5, 5.41) is 0. The van der Waals surface area contributed by atoms with Crippen LogP contribution in [-0.2, 0) is 14.8 Å². The van der Waals surface area contributed by atoms with E-state index in [4.69, 9.17) is 4.42 Å². The maximum Gasteiger partial charge on any atom is 0.420 e. The number of benzene rings is 2. The van der Waals surface area contributed by atoms with Crippen LogP contribution in [0, 0.1) is 0 Å². The summed E-state index contributed by atoms with van der Waals surface area (Å²) in [6.07, 6.45) is 0. The number of sulfonamides is 1. The molecule has 10 heteroatoms. The lowest BCUT2D eigenvalue weighted by Crippen LogP contribution is -2.52. The summed E-state index contributed by atoms with van der Waals surface area (Å²) in [5.74, 6) is -0.835. The first-order valence-corrected chi connectivity index (χ1v) is 11.7. The van der Waals surface area contributed by atoms with E-state index in [0.29, 0.717) is 11.1 Å². The van der Waals surface area contributed by atoms with Crippen molar-refractivity contribution in [3.05, 3.63) is 63.6 Å². The first kappa shape index (κ1) is 20.8. The number of carbonyl (C=O) groups excluding carboxylic acids is 1. The molecule has 3 aromatic rings. The zero-order valence-electron chi connectivity index (χ0n) is 16.2. The number of carbonyl (C=O) groups is 1. The van der Waals surface area contributed by atoms with Gasteiger partial charge in [0.05, 0.1) is 10.4 Å². The molecule has 1 atom stereocenters. The van der Waals surface area contributed by atoms with Crippen LogP contribution in [0.4, 0.5) is 0 Å². The molecule has 8 nitrogen and oxygen atoms in total. The summed E-state index contributed by atoms with van der Waals surface area (Å²) >= 11 is 3.30. The number of amides is 1. The van der Waals surface area contributed by atoms with E-state index >= 15 is 0 Å². The Morgan fingerprint density at radius 1 is 1.03 bits per heavy atom. The van der Waals surface area contributed by atoms with E-state index in [1.807, 2.05) is 0 Å². The van der Waals surface area contributed by atoms with Crippen molar-refractivity contribution in [1.29, 1.82) is 0 Å². The monoisotopic (exact) mass is 493 g/mol. The van der Waals surface area contributed by atoms with Gasteiger partial charge in [0.25, 0.3) is 0 Å². The number of piperazine rings is 1. The highest BCUT2D eigenvalue weighted by Crippen LogP contribution is 2.22. The number of aromatic nitrogens is 1. The molecule has 1 saturated heterocycles. The number of fused-ring (bicyclic) bond motifs is 1. The van der Waals surface area contributed by atoms with E-state index in [0.717, 1.165) is 4.47 Å². The molecule has 4 rings (SSSR count). The number of oxazole rings is 1. The molecule has 0 N–H and O–H groups in total. The van der Waals surface area contributed by atoms with Gasteiger partial charge < -0.3 is 9.32 Å². The van der Waals surface area contributed by atoms with Gasteiger partial charge in [0.15, 0.2) is 5.58 Å². The molecule has 30 heavy (non-hydrogen) atoms. The molecular weight excluding hydrogens is 474 g/mol. The summed E-state index contributed by atoms with van der Waals surface area (Å²) in [5.41, 5.74) is 0.979. The zero-order chi connectivity index (χ0) is 21.5. The molecule has 0 radical (unpaired) electrons. The Kier molecular flexibility index (Phi) is 5.56. The summed E-state index contributed by atoms with van der Waals surface area (Å²) < 4.78 is 34.4. The van der Waals surface area contributed by atoms with Crippen LogP contribution in [0.2, 0.25) is 0 Å². The quantitative estimate of drug-likeness (QED) is 0.556. The van der Waals surface area contributed by atoms with E-state index in [-0.39, 0.29) is 37.0 Å². The predicted molar refractivity (Wildman–Crippen MR) is 115 cm³/mol. The third kappa shape index (κ3) is 3.70. The second kappa shape index (κ2) is 8.01. The van der Waals surface area contributed by atoms with Crippen LogP contribution >= 0.6 is 15.9 Å². The number of hydrogen-bond donors (Lipinski definition) is 0. The van der Waals surface area contributed by atoms with Crippen LogP contribution < -0.4 is 5.76 Å². The molecule has 0 saturated carbocycles. The van der Waals surface area contributed by atoms with Crippen LogP contribution in [0.25, 0.3) is 11.1 Å². The van der Waals surface area contributed by atoms with E-state index < -0.39 is 21.8 Å². The van der Waals surface area contributed by atoms with Crippen molar-refractivity contribution in [2.24, 2.45) is 0 Å². The molecule has 0 aliphatic carbocycles. The zero-order valence-corrected chi connectivity index (χ0v) is 18.6. The fourth-order valence-corrected chi connectivity index (χ4v) is 5.32. The molecule has 2 heterocycles. The summed E-state index contributed by atoms with van der Waals surface area (Å²) in [6.45, 7) is 2.54. The van der Waals surface area contributed by atoms with E-state index in [9.17, 15) is 18.0 Å². The second-order valence-electron chi connectivity index (χ2n) is 7.06. The Labute approximate surface area is 181 Å². The molecular formula is C20H20BrN3O5S. The minimum absolute atomic E-state index is 0.192. The van der Waals surface area contributed by atoms with Gasteiger partial charge in [-0.25, -0.2) is 13.2 Å². The SMILES string of the molecule is CC(C(=O)N1CCN(S(=O)(=O)c2ccc(Br)cc2)CC1)n1c(=O)oc2ccccc21.